The number of benzene rings is 1. The third-order valence-corrected chi connectivity index (χ3v) is 3.61. The summed E-state index contributed by atoms with van der Waals surface area (Å²) < 4.78 is 0. The number of hydrogen-bond acceptors (Lipinski definition) is 3. The molecule has 2 aromatic rings. The SMILES string of the molecule is Cc1ccc(N(CC(=O)O)C(=O)Cc2ccsc2)cc1. The smallest absolute Gasteiger partial charge is 0.323 e. The molecule has 0 atom stereocenters. The summed E-state index contributed by atoms with van der Waals surface area (Å²) in [6.45, 7) is 1.62. The van der Waals surface area contributed by atoms with Gasteiger partial charge < -0.3 is 10.0 Å². The molecule has 0 saturated heterocycles. The molecular weight excluding hydrogens is 274 g/mol. The molecule has 1 aromatic carbocycles. The van der Waals surface area contributed by atoms with Gasteiger partial charge in [-0.15, -0.1) is 0 Å². The molecule has 0 radical (unpaired) electrons. The van der Waals surface area contributed by atoms with E-state index in [1.807, 2.05) is 35.9 Å². The lowest BCUT2D eigenvalue weighted by atomic mass is 10.2. The largest absolute Gasteiger partial charge is 0.480 e. The number of aryl methyl sites for hydroxylation is 1. The lowest BCUT2D eigenvalue weighted by Gasteiger charge is -2.21. The molecule has 1 N–H and O–H groups in total. The van der Waals surface area contributed by atoms with Crippen molar-refractivity contribution >= 4 is 28.9 Å². The molecule has 4 nitrogen and oxygen atoms in total. The first kappa shape index (κ1) is 14.3. The summed E-state index contributed by atoms with van der Waals surface area (Å²) in [6.07, 6.45) is 0.213. The van der Waals surface area contributed by atoms with Gasteiger partial charge in [0.05, 0.1) is 6.42 Å². The number of carbonyl (C=O) groups excluding carboxylic acids is 1. The Morgan fingerprint density at radius 3 is 2.45 bits per heavy atom. The Balaban J connectivity index is 2.20. The number of carboxylic acids is 1. The molecule has 104 valence electrons. The minimum absolute atomic E-state index is 0.213. The number of thiophene rings is 1. The van der Waals surface area contributed by atoms with E-state index in [0.717, 1.165) is 11.1 Å². The first-order valence-corrected chi connectivity index (χ1v) is 7.10. The number of carboxylic acid groups (broad SMARTS) is 1. The molecule has 0 fully saturated rings. The Kier molecular flexibility index (Phi) is 4.53. The molecule has 0 aliphatic rings. The van der Waals surface area contributed by atoms with Gasteiger partial charge in [-0.1, -0.05) is 17.7 Å². The van der Waals surface area contributed by atoms with E-state index in [2.05, 4.69) is 0 Å². The normalized spacial score (nSPS) is 10.2. The number of nitrogens with zero attached hydrogens (tertiary/aromatic N) is 1. The monoisotopic (exact) mass is 289 g/mol. The molecule has 1 aromatic heterocycles. The second-order valence-electron chi connectivity index (χ2n) is 4.52. The zero-order valence-corrected chi connectivity index (χ0v) is 11.9. The highest BCUT2D eigenvalue weighted by molar-refractivity contribution is 7.08. The third kappa shape index (κ3) is 3.68. The molecule has 0 spiro atoms. The predicted octanol–water partition coefficient (Wildman–Crippen LogP) is 2.72. The fourth-order valence-electron chi connectivity index (χ4n) is 1.85. The maximum Gasteiger partial charge on any atom is 0.323 e. The fourth-order valence-corrected chi connectivity index (χ4v) is 2.52. The van der Waals surface area contributed by atoms with Crippen LogP contribution in [-0.4, -0.2) is 23.5 Å². The van der Waals surface area contributed by atoms with E-state index >= 15 is 0 Å². The molecule has 0 bridgehead atoms. The summed E-state index contributed by atoms with van der Waals surface area (Å²) in [6, 6.07) is 9.13. The zero-order chi connectivity index (χ0) is 14.5. The molecule has 0 saturated carbocycles. The van der Waals surface area contributed by atoms with Crippen LogP contribution in [0.4, 0.5) is 5.69 Å². The van der Waals surface area contributed by atoms with Gasteiger partial charge in [0.1, 0.15) is 6.54 Å². The highest BCUT2D eigenvalue weighted by atomic mass is 32.1. The highest BCUT2D eigenvalue weighted by Crippen LogP contribution is 2.17. The van der Waals surface area contributed by atoms with Crippen LogP contribution in [0, 0.1) is 6.92 Å². The molecule has 1 heterocycles. The molecular formula is C15H15NO3S. The molecule has 0 unspecified atom stereocenters. The fraction of sp³-hybridized carbons (Fsp3) is 0.200. The van der Waals surface area contributed by atoms with E-state index in [1.54, 1.807) is 12.1 Å². The summed E-state index contributed by atoms with van der Waals surface area (Å²) in [5, 5.41) is 12.8. The van der Waals surface area contributed by atoms with E-state index in [0.29, 0.717) is 5.69 Å². The summed E-state index contributed by atoms with van der Waals surface area (Å²) in [5.74, 6) is -1.24. The van der Waals surface area contributed by atoms with Gasteiger partial charge in [0.25, 0.3) is 0 Å². The van der Waals surface area contributed by atoms with Crippen molar-refractivity contribution in [1.29, 1.82) is 0 Å². The van der Waals surface area contributed by atoms with E-state index in [9.17, 15) is 9.59 Å². The quantitative estimate of drug-likeness (QED) is 0.920. The van der Waals surface area contributed by atoms with Crippen LogP contribution in [0.25, 0.3) is 0 Å². The first-order chi connectivity index (χ1) is 9.56. The third-order valence-electron chi connectivity index (χ3n) is 2.88. The summed E-state index contributed by atoms with van der Waals surface area (Å²) >= 11 is 1.52. The number of anilines is 1. The lowest BCUT2D eigenvalue weighted by Crippen LogP contribution is -2.36. The molecule has 0 aliphatic heterocycles. The standard InChI is InChI=1S/C15H15NO3S/c1-11-2-4-13(5-3-11)16(9-15(18)19)14(17)8-12-6-7-20-10-12/h2-7,10H,8-9H2,1H3,(H,18,19). The van der Waals surface area contributed by atoms with Gasteiger partial charge in [-0.05, 0) is 41.4 Å². The second kappa shape index (κ2) is 6.34. The summed E-state index contributed by atoms with van der Waals surface area (Å²) in [4.78, 5) is 24.6. The average Bonchev–Trinajstić information content (AvgIpc) is 2.89. The minimum Gasteiger partial charge on any atom is -0.480 e. The second-order valence-corrected chi connectivity index (χ2v) is 5.30. The van der Waals surface area contributed by atoms with Gasteiger partial charge in [-0.25, -0.2) is 0 Å². The van der Waals surface area contributed by atoms with Crippen LogP contribution in [0.15, 0.2) is 41.1 Å². The lowest BCUT2D eigenvalue weighted by molar-refractivity contribution is -0.136. The van der Waals surface area contributed by atoms with E-state index < -0.39 is 5.97 Å². The Morgan fingerprint density at radius 1 is 1.20 bits per heavy atom. The Labute approximate surface area is 121 Å². The molecule has 1 amide bonds. The topological polar surface area (TPSA) is 57.6 Å². The first-order valence-electron chi connectivity index (χ1n) is 6.16. The number of carbonyl (C=O) groups is 2. The summed E-state index contributed by atoms with van der Waals surface area (Å²) in [5.41, 5.74) is 2.58. The van der Waals surface area contributed by atoms with Crippen molar-refractivity contribution in [2.75, 3.05) is 11.4 Å². The number of amides is 1. The molecule has 2 rings (SSSR count). The van der Waals surface area contributed by atoms with Gasteiger partial charge in [-0.2, -0.15) is 11.3 Å². The minimum atomic E-state index is -1.02. The van der Waals surface area contributed by atoms with Crippen LogP contribution in [0.5, 0.6) is 0 Å². The van der Waals surface area contributed by atoms with Crippen molar-refractivity contribution in [3.05, 3.63) is 52.2 Å². The Morgan fingerprint density at radius 2 is 1.90 bits per heavy atom. The van der Waals surface area contributed by atoms with Crippen molar-refractivity contribution in [3.63, 3.8) is 0 Å². The Hall–Kier alpha value is -2.14. The van der Waals surface area contributed by atoms with Gasteiger partial charge in [0.2, 0.25) is 5.91 Å². The highest BCUT2D eigenvalue weighted by Gasteiger charge is 2.19. The van der Waals surface area contributed by atoms with Crippen molar-refractivity contribution in [2.24, 2.45) is 0 Å². The Bertz CT molecular complexity index is 590. The van der Waals surface area contributed by atoms with Crippen molar-refractivity contribution < 1.29 is 14.7 Å². The van der Waals surface area contributed by atoms with Crippen LogP contribution in [0.3, 0.4) is 0 Å². The van der Waals surface area contributed by atoms with Crippen LogP contribution in [-0.2, 0) is 16.0 Å². The predicted molar refractivity (Wildman–Crippen MR) is 79.2 cm³/mol. The number of rotatable bonds is 5. The van der Waals surface area contributed by atoms with Gasteiger partial charge in [0, 0.05) is 5.69 Å². The van der Waals surface area contributed by atoms with Gasteiger partial charge in [-0.3, -0.25) is 9.59 Å². The van der Waals surface area contributed by atoms with E-state index in [-0.39, 0.29) is 18.9 Å². The number of aliphatic carboxylic acids is 1. The van der Waals surface area contributed by atoms with Crippen molar-refractivity contribution in [3.8, 4) is 0 Å². The van der Waals surface area contributed by atoms with Crippen LogP contribution in [0.1, 0.15) is 11.1 Å². The molecule has 20 heavy (non-hydrogen) atoms. The molecule has 5 heteroatoms. The maximum atomic E-state index is 12.3. The van der Waals surface area contributed by atoms with Gasteiger partial charge in [0.15, 0.2) is 0 Å². The van der Waals surface area contributed by atoms with Crippen molar-refractivity contribution in [1.82, 2.24) is 0 Å². The zero-order valence-electron chi connectivity index (χ0n) is 11.1. The molecule has 0 aliphatic carbocycles. The van der Waals surface area contributed by atoms with E-state index in [1.165, 1.54) is 16.2 Å². The number of hydrogen-bond donors (Lipinski definition) is 1. The maximum absolute atomic E-state index is 12.3. The van der Waals surface area contributed by atoms with Crippen LogP contribution >= 0.6 is 11.3 Å². The van der Waals surface area contributed by atoms with Crippen LogP contribution in [0.2, 0.25) is 0 Å². The van der Waals surface area contributed by atoms with E-state index in [4.69, 9.17) is 5.11 Å². The van der Waals surface area contributed by atoms with Gasteiger partial charge >= 0.3 is 5.97 Å². The van der Waals surface area contributed by atoms with Crippen LogP contribution < -0.4 is 4.90 Å². The average molecular weight is 289 g/mol. The summed E-state index contributed by atoms with van der Waals surface area (Å²) in [7, 11) is 0. The van der Waals surface area contributed by atoms with Crippen molar-refractivity contribution in [2.45, 2.75) is 13.3 Å².